The third-order valence-electron chi connectivity index (χ3n) is 10.5. The molecule has 12 heteroatoms. The lowest BCUT2D eigenvalue weighted by Crippen LogP contribution is -2.47. The van der Waals surface area contributed by atoms with E-state index in [2.05, 4.69) is 22.5 Å². The van der Waals surface area contributed by atoms with Crippen LogP contribution >= 0.6 is 0 Å². The van der Waals surface area contributed by atoms with Gasteiger partial charge in [0.1, 0.15) is 6.04 Å². The van der Waals surface area contributed by atoms with Crippen LogP contribution in [-0.2, 0) is 35.2 Å². The number of rotatable bonds is 10. The Morgan fingerprint density at radius 1 is 0.691 bits per heavy atom. The van der Waals surface area contributed by atoms with E-state index in [9.17, 15) is 33.6 Å². The molecular formula is C43H55N5O7. The summed E-state index contributed by atoms with van der Waals surface area (Å²) in [6.07, 6.45) is 9.71. The number of amides is 4. The number of primary amides is 1. The van der Waals surface area contributed by atoms with Crippen LogP contribution in [0.1, 0.15) is 111 Å². The van der Waals surface area contributed by atoms with Gasteiger partial charge < -0.3 is 27.4 Å². The summed E-state index contributed by atoms with van der Waals surface area (Å²) in [5.74, 6) is -3.78. The highest BCUT2D eigenvalue weighted by Crippen LogP contribution is 2.31. The van der Waals surface area contributed by atoms with Crippen LogP contribution < -0.4 is 27.4 Å². The predicted octanol–water partition coefficient (Wildman–Crippen LogP) is 4.29. The van der Waals surface area contributed by atoms with Crippen molar-refractivity contribution >= 4 is 41.0 Å². The maximum Gasteiger partial charge on any atom is 0.244 e. The molecule has 12 nitrogen and oxygen atoms in total. The van der Waals surface area contributed by atoms with Crippen molar-refractivity contribution < 1.29 is 33.6 Å². The molecule has 1 saturated carbocycles. The third kappa shape index (κ3) is 14.1. The van der Waals surface area contributed by atoms with Gasteiger partial charge in [0.05, 0.1) is 12.1 Å². The van der Waals surface area contributed by atoms with Crippen LogP contribution in [0, 0.1) is 11.8 Å². The largest absolute Gasteiger partial charge is 0.403 e. The quantitative estimate of drug-likeness (QED) is 0.221. The molecule has 55 heavy (non-hydrogen) atoms. The number of nitrogens with two attached hydrogens (primary N) is 2. The van der Waals surface area contributed by atoms with Gasteiger partial charge in [0, 0.05) is 47.7 Å². The molecule has 0 radical (unpaired) electrons. The van der Waals surface area contributed by atoms with Gasteiger partial charge in [0.2, 0.25) is 23.6 Å². The van der Waals surface area contributed by atoms with Gasteiger partial charge >= 0.3 is 0 Å². The molecule has 294 valence electrons. The number of hydrogen-bond donors (Lipinski definition) is 5. The van der Waals surface area contributed by atoms with Crippen LogP contribution in [0.25, 0.3) is 0 Å². The number of Topliss-reactive ketones (excluding diaryl/α,β-unsaturated/α-hetero) is 2. The number of carbonyl (C=O) groups is 7. The summed E-state index contributed by atoms with van der Waals surface area (Å²) < 4.78 is 0. The number of benzene rings is 2. The minimum Gasteiger partial charge on any atom is -0.403 e. The molecule has 1 unspecified atom stereocenters. The van der Waals surface area contributed by atoms with Crippen molar-refractivity contribution in [2.24, 2.45) is 23.3 Å². The molecular weight excluding hydrogens is 699 g/mol. The predicted molar refractivity (Wildman–Crippen MR) is 209 cm³/mol. The zero-order valence-electron chi connectivity index (χ0n) is 31.6. The second kappa shape index (κ2) is 21.5. The van der Waals surface area contributed by atoms with Crippen LogP contribution in [0.4, 0.5) is 0 Å². The Morgan fingerprint density at radius 2 is 1.31 bits per heavy atom. The maximum atomic E-state index is 14.2. The van der Waals surface area contributed by atoms with Crippen molar-refractivity contribution in [2.45, 2.75) is 114 Å². The first kappa shape index (κ1) is 42.4. The number of carbonyl (C=O) groups excluding carboxylic acids is 7. The molecule has 2 aromatic rings. The lowest BCUT2D eigenvalue weighted by molar-refractivity contribution is -0.134. The molecule has 1 heterocycles. The number of nitrogens with one attached hydrogen (secondary N) is 3. The Kier molecular flexibility index (Phi) is 16.5. The van der Waals surface area contributed by atoms with Crippen LogP contribution in [0.3, 0.4) is 0 Å². The first-order chi connectivity index (χ1) is 26.4. The van der Waals surface area contributed by atoms with E-state index in [1.54, 1.807) is 48.5 Å². The molecule has 7 N–H and O–H groups in total. The molecule has 1 fully saturated rings. The highest BCUT2D eigenvalue weighted by Gasteiger charge is 2.32. The fourth-order valence-electron chi connectivity index (χ4n) is 7.33. The minimum absolute atomic E-state index is 0.130. The van der Waals surface area contributed by atoms with Crippen molar-refractivity contribution in [3.05, 3.63) is 95.7 Å². The van der Waals surface area contributed by atoms with Gasteiger partial charge in [-0.05, 0) is 50.0 Å². The van der Waals surface area contributed by atoms with Gasteiger partial charge in [-0.3, -0.25) is 33.6 Å². The Labute approximate surface area is 323 Å². The first-order valence-corrected chi connectivity index (χ1v) is 19.5. The normalized spacial score (nSPS) is 23.5. The van der Waals surface area contributed by atoms with Gasteiger partial charge in [-0.1, -0.05) is 106 Å². The molecule has 0 saturated heterocycles. The zero-order chi connectivity index (χ0) is 39.7. The Bertz CT molecular complexity index is 1720. The van der Waals surface area contributed by atoms with Crippen molar-refractivity contribution in [1.29, 1.82) is 0 Å². The van der Waals surface area contributed by atoms with Gasteiger partial charge in [0.15, 0.2) is 17.3 Å². The van der Waals surface area contributed by atoms with Crippen molar-refractivity contribution in [2.75, 3.05) is 0 Å². The molecule has 4 amide bonds. The van der Waals surface area contributed by atoms with Crippen molar-refractivity contribution in [1.82, 2.24) is 16.0 Å². The molecule has 0 bridgehead atoms. The summed E-state index contributed by atoms with van der Waals surface area (Å²) in [6, 6.07) is 13.0. The summed E-state index contributed by atoms with van der Waals surface area (Å²) in [5.41, 5.74) is 13.5. The van der Waals surface area contributed by atoms with E-state index in [0.29, 0.717) is 42.5 Å². The fourth-order valence-corrected chi connectivity index (χ4v) is 7.33. The molecule has 2 aliphatic rings. The maximum absolute atomic E-state index is 14.2. The monoisotopic (exact) mass is 753 g/mol. The minimum atomic E-state index is -1.03. The first-order valence-electron chi connectivity index (χ1n) is 19.5. The zero-order valence-corrected chi connectivity index (χ0v) is 31.6. The number of ketones is 3. The molecule has 0 spiro atoms. The van der Waals surface area contributed by atoms with Crippen LogP contribution in [-0.4, -0.2) is 59.1 Å². The smallest absolute Gasteiger partial charge is 0.244 e. The topological polar surface area (TPSA) is 208 Å². The highest BCUT2D eigenvalue weighted by molar-refractivity contribution is 6.09. The van der Waals surface area contributed by atoms with Gasteiger partial charge in [-0.15, -0.1) is 0 Å². The van der Waals surface area contributed by atoms with Crippen molar-refractivity contribution in [3.8, 4) is 0 Å². The van der Waals surface area contributed by atoms with Crippen molar-refractivity contribution in [3.63, 3.8) is 0 Å². The van der Waals surface area contributed by atoms with Crippen LogP contribution in [0.5, 0.6) is 0 Å². The van der Waals surface area contributed by atoms with E-state index in [4.69, 9.17) is 11.5 Å². The summed E-state index contributed by atoms with van der Waals surface area (Å²) in [6.45, 7) is 3.71. The third-order valence-corrected chi connectivity index (χ3v) is 10.5. The lowest BCUT2D eigenvalue weighted by Gasteiger charge is -2.28. The van der Waals surface area contributed by atoms with Gasteiger partial charge in [-0.25, -0.2) is 0 Å². The molecule has 2 aromatic carbocycles. The van der Waals surface area contributed by atoms with E-state index in [1.165, 1.54) is 0 Å². The Morgan fingerprint density at radius 3 is 1.96 bits per heavy atom. The van der Waals surface area contributed by atoms with Crippen LogP contribution in [0.2, 0.25) is 0 Å². The second-order valence-electron chi connectivity index (χ2n) is 14.9. The van der Waals surface area contributed by atoms with E-state index >= 15 is 0 Å². The number of hydrogen-bond acceptors (Lipinski definition) is 8. The summed E-state index contributed by atoms with van der Waals surface area (Å²) >= 11 is 0. The fraction of sp³-hybridized carbons (Fsp3) is 0.465. The summed E-state index contributed by atoms with van der Waals surface area (Å²) in [7, 11) is 0. The molecule has 1 aliphatic heterocycles. The number of allylic oxidation sites excluding steroid dienone is 1. The lowest BCUT2D eigenvalue weighted by atomic mass is 9.80. The summed E-state index contributed by atoms with van der Waals surface area (Å²) in [4.78, 5) is 92.7. The Hall–Kier alpha value is -5.39. The van der Waals surface area contributed by atoms with Crippen LogP contribution in [0.15, 0.2) is 79.0 Å². The molecule has 4 rings (SSSR count). The second-order valence-corrected chi connectivity index (χ2v) is 14.9. The van der Waals surface area contributed by atoms with E-state index in [-0.39, 0.29) is 61.8 Å². The molecule has 0 aromatic heterocycles. The SMILES string of the molecule is C=C(N)CC[C@@H]1NC(=O)/C=C\C(=O)N[C@H](C(N)=O)CCCCCC(=O)C(Cc2ccc(C(=O)c3ccccc3)cc2)NC(=O)[C@H](CC2CCCCC2)CC1=O. The average molecular weight is 754 g/mol. The molecule has 1 aliphatic carbocycles. The van der Waals surface area contributed by atoms with E-state index in [1.807, 2.05) is 6.07 Å². The summed E-state index contributed by atoms with van der Waals surface area (Å²) in [5, 5.41) is 8.19. The standard InChI is InChI=1S/C43H55N5O7/c1-28(44)17-22-34-38(50)27-33(25-29-11-5-2-6-12-29)43(55)48-36(26-30-18-20-32(21-19-30)41(53)31-13-7-3-8-14-31)37(49)16-10-4-9-15-35(42(45)54)47-40(52)24-23-39(51)46-34/h3,7-8,13-14,18-21,23-24,29,33-36H,1-2,4-6,9-12,15-17,22,25-27,44H2,(H2,45,54)(H,46,51)(H,47,52)(H,48,55)/b24-23-/t33-,34+,35+,36?/m1/s1. The highest BCUT2D eigenvalue weighted by atomic mass is 16.2. The van der Waals surface area contributed by atoms with Gasteiger partial charge in [-0.2, -0.15) is 0 Å². The molecule has 4 atom stereocenters. The van der Waals surface area contributed by atoms with Gasteiger partial charge in [0.25, 0.3) is 0 Å². The average Bonchev–Trinajstić information content (AvgIpc) is 3.17. The Balaban J connectivity index is 1.62. The van der Waals surface area contributed by atoms with E-state index in [0.717, 1.165) is 49.8 Å². The van der Waals surface area contributed by atoms with E-state index < -0.39 is 47.7 Å².